The summed E-state index contributed by atoms with van der Waals surface area (Å²) < 4.78 is 0. The Morgan fingerprint density at radius 1 is 1.26 bits per heavy atom. The van der Waals surface area contributed by atoms with Gasteiger partial charge in [-0.05, 0) is 43.7 Å². The van der Waals surface area contributed by atoms with Crippen LogP contribution in [0.15, 0.2) is 18.2 Å². The van der Waals surface area contributed by atoms with Gasteiger partial charge in [0.1, 0.15) is 5.88 Å². The van der Waals surface area contributed by atoms with Gasteiger partial charge in [-0.3, -0.25) is 9.59 Å². The number of rotatable bonds is 6. The third-order valence-corrected chi connectivity index (χ3v) is 2.76. The number of benzene rings is 1. The highest BCUT2D eigenvalue weighted by molar-refractivity contribution is 6.29. The van der Waals surface area contributed by atoms with Crippen LogP contribution in [0.3, 0.4) is 0 Å². The number of amides is 2. The summed E-state index contributed by atoms with van der Waals surface area (Å²) in [5.41, 5.74) is 7.58. The number of alkyl halides is 1. The minimum atomic E-state index is -0.260. The second-order valence-electron chi connectivity index (χ2n) is 4.15. The molecule has 1 aromatic rings. The molecule has 1 rings (SSSR count). The van der Waals surface area contributed by atoms with Crippen LogP contribution in [0.2, 0.25) is 0 Å². The monoisotopic (exact) mass is 283 g/mol. The number of halogens is 1. The summed E-state index contributed by atoms with van der Waals surface area (Å²) in [6.07, 6.45) is 1.06. The van der Waals surface area contributed by atoms with Crippen LogP contribution in [0.4, 0.5) is 11.4 Å². The van der Waals surface area contributed by atoms with Crippen molar-refractivity contribution in [3.63, 3.8) is 0 Å². The Kier molecular flexibility index (Phi) is 6.32. The number of carbonyl (C=O) groups excluding carboxylic acids is 2. The number of carbonyl (C=O) groups is 2. The lowest BCUT2D eigenvalue weighted by Crippen LogP contribution is -2.15. The minimum absolute atomic E-state index is 0.0672. The van der Waals surface area contributed by atoms with Crippen LogP contribution < -0.4 is 16.4 Å². The maximum absolute atomic E-state index is 11.5. The molecule has 0 aliphatic heterocycles. The molecule has 0 radical (unpaired) electrons. The van der Waals surface area contributed by atoms with Crippen molar-refractivity contribution < 1.29 is 9.59 Å². The fourth-order valence-electron chi connectivity index (χ4n) is 1.55. The minimum Gasteiger partial charge on any atom is -0.330 e. The number of nitrogens with two attached hydrogens (primary N) is 1. The van der Waals surface area contributed by atoms with E-state index < -0.39 is 0 Å². The quantitative estimate of drug-likeness (QED) is 0.697. The summed E-state index contributed by atoms with van der Waals surface area (Å²) in [6, 6.07) is 5.26. The lowest BCUT2D eigenvalue weighted by atomic mass is 10.1. The predicted octanol–water partition coefficient (Wildman–Crippen LogP) is 1.85. The summed E-state index contributed by atoms with van der Waals surface area (Å²) in [6.45, 7) is 2.34. The molecule has 19 heavy (non-hydrogen) atoms. The number of nitrogens with one attached hydrogen (secondary N) is 2. The lowest BCUT2D eigenvalue weighted by molar-refractivity contribution is -0.116. The molecule has 0 fully saturated rings. The number of hydrogen-bond donors (Lipinski definition) is 3. The Morgan fingerprint density at radius 2 is 2.00 bits per heavy atom. The molecule has 104 valence electrons. The third kappa shape index (κ3) is 5.28. The molecular formula is C13H18ClN3O2. The molecule has 0 aliphatic carbocycles. The molecule has 1 aromatic carbocycles. The van der Waals surface area contributed by atoms with Crippen LogP contribution in [-0.2, 0) is 9.59 Å². The van der Waals surface area contributed by atoms with E-state index in [9.17, 15) is 9.59 Å². The van der Waals surface area contributed by atoms with E-state index in [0.29, 0.717) is 30.8 Å². The normalized spacial score (nSPS) is 10.1. The molecule has 0 saturated carbocycles. The van der Waals surface area contributed by atoms with Crippen LogP contribution in [0.1, 0.15) is 18.4 Å². The molecule has 0 spiro atoms. The summed E-state index contributed by atoms with van der Waals surface area (Å²) in [5, 5.41) is 5.45. The molecule has 2 amide bonds. The Morgan fingerprint density at radius 3 is 2.58 bits per heavy atom. The van der Waals surface area contributed by atoms with Crippen molar-refractivity contribution in [3.05, 3.63) is 23.8 Å². The van der Waals surface area contributed by atoms with Crippen molar-refractivity contribution in [1.29, 1.82) is 0 Å². The van der Waals surface area contributed by atoms with Crippen molar-refractivity contribution in [2.45, 2.75) is 19.8 Å². The first kappa shape index (κ1) is 15.5. The van der Waals surface area contributed by atoms with Crippen LogP contribution in [0.5, 0.6) is 0 Å². The molecule has 0 heterocycles. The predicted molar refractivity (Wildman–Crippen MR) is 77.4 cm³/mol. The maximum atomic E-state index is 11.5. The maximum Gasteiger partial charge on any atom is 0.239 e. The Hall–Kier alpha value is -1.59. The van der Waals surface area contributed by atoms with E-state index in [2.05, 4.69) is 10.6 Å². The average molecular weight is 284 g/mol. The summed E-state index contributed by atoms with van der Waals surface area (Å²) >= 11 is 5.42. The second-order valence-corrected chi connectivity index (χ2v) is 4.42. The van der Waals surface area contributed by atoms with E-state index in [1.807, 2.05) is 6.92 Å². The van der Waals surface area contributed by atoms with E-state index in [0.717, 1.165) is 5.56 Å². The van der Waals surface area contributed by atoms with E-state index in [1.54, 1.807) is 18.2 Å². The smallest absolute Gasteiger partial charge is 0.239 e. The van der Waals surface area contributed by atoms with Crippen LogP contribution >= 0.6 is 11.6 Å². The molecule has 0 saturated heterocycles. The van der Waals surface area contributed by atoms with Gasteiger partial charge in [0.2, 0.25) is 11.8 Å². The van der Waals surface area contributed by atoms with Crippen molar-refractivity contribution in [2.24, 2.45) is 5.73 Å². The summed E-state index contributed by atoms with van der Waals surface area (Å²) in [4.78, 5) is 22.7. The Bertz CT molecular complexity index is 463. The van der Waals surface area contributed by atoms with Gasteiger partial charge < -0.3 is 16.4 Å². The number of aryl methyl sites for hydroxylation is 1. The van der Waals surface area contributed by atoms with Gasteiger partial charge in [0, 0.05) is 17.8 Å². The second kappa shape index (κ2) is 7.76. The van der Waals surface area contributed by atoms with Crippen molar-refractivity contribution in [1.82, 2.24) is 0 Å². The third-order valence-electron chi connectivity index (χ3n) is 2.51. The highest BCUT2D eigenvalue weighted by Crippen LogP contribution is 2.20. The lowest BCUT2D eigenvalue weighted by Gasteiger charge is -2.10. The van der Waals surface area contributed by atoms with Crippen LogP contribution in [0.25, 0.3) is 0 Å². The zero-order valence-corrected chi connectivity index (χ0v) is 11.6. The number of hydrogen-bond acceptors (Lipinski definition) is 3. The summed E-state index contributed by atoms with van der Waals surface area (Å²) in [5.74, 6) is -0.413. The average Bonchev–Trinajstić information content (AvgIpc) is 2.39. The zero-order chi connectivity index (χ0) is 14.3. The largest absolute Gasteiger partial charge is 0.330 e. The SMILES string of the molecule is Cc1cc(NC(=O)CCCN)ccc1NC(=O)CCl. The van der Waals surface area contributed by atoms with Gasteiger partial charge in [0.15, 0.2) is 0 Å². The molecule has 5 nitrogen and oxygen atoms in total. The first-order chi connectivity index (χ1) is 9.06. The fourth-order valence-corrected chi connectivity index (χ4v) is 1.62. The van der Waals surface area contributed by atoms with Crippen molar-refractivity contribution in [2.75, 3.05) is 23.1 Å². The molecule has 0 aromatic heterocycles. The first-order valence-electron chi connectivity index (χ1n) is 6.03. The van der Waals surface area contributed by atoms with Crippen molar-refractivity contribution in [3.8, 4) is 0 Å². The van der Waals surface area contributed by atoms with Crippen LogP contribution in [-0.4, -0.2) is 24.2 Å². The number of anilines is 2. The van der Waals surface area contributed by atoms with Gasteiger partial charge in [-0.2, -0.15) is 0 Å². The zero-order valence-electron chi connectivity index (χ0n) is 10.8. The molecule has 0 bridgehead atoms. The van der Waals surface area contributed by atoms with E-state index in [1.165, 1.54) is 0 Å². The van der Waals surface area contributed by atoms with Gasteiger partial charge in [-0.15, -0.1) is 11.6 Å². The van der Waals surface area contributed by atoms with E-state index in [4.69, 9.17) is 17.3 Å². The van der Waals surface area contributed by atoms with Gasteiger partial charge in [-0.25, -0.2) is 0 Å². The van der Waals surface area contributed by atoms with Gasteiger partial charge >= 0.3 is 0 Å². The standard InChI is InChI=1S/C13H18ClN3O2/c1-9-7-10(16-12(18)3-2-6-15)4-5-11(9)17-13(19)8-14/h4-5,7H,2-3,6,8,15H2,1H3,(H,16,18)(H,17,19). The first-order valence-corrected chi connectivity index (χ1v) is 6.56. The van der Waals surface area contributed by atoms with Gasteiger partial charge in [-0.1, -0.05) is 0 Å². The summed E-state index contributed by atoms with van der Waals surface area (Å²) in [7, 11) is 0. The Balaban J connectivity index is 2.66. The molecule has 0 unspecified atom stereocenters. The van der Waals surface area contributed by atoms with Crippen LogP contribution in [0, 0.1) is 6.92 Å². The highest BCUT2D eigenvalue weighted by Gasteiger charge is 2.06. The molecular weight excluding hydrogens is 266 g/mol. The van der Waals surface area contributed by atoms with E-state index >= 15 is 0 Å². The van der Waals surface area contributed by atoms with Gasteiger partial charge in [0.05, 0.1) is 0 Å². The Labute approximate surface area is 117 Å². The highest BCUT2D eigenvalue weighted by atomic mass is 35.5. The van der Waals surface area contributed by atoms with Crippen molar-refractivity contribution >= 4 is 34.8 Å². The van der Waals surface area contributed by atoms with Gasteiger partial charge in [0.25, 0.3) is 0 Å². The topological polar surface area (TPSA) is 84.2 Å². The molecule has 4 N–H and O–H groups in total. The molecule has 0 atom stereocenters. The fraction of sp³-hybridized carbons (Fsp3) is 0.385. The molecule has 0 aliphatic rings. The van der Waals surface area contributed by atoms with E-state index in [-0.39, 0.29) is 17.7 Å². The molecule has 6 heteroatoms.